The number of benzene rings is 2. The van der Waals surface area contributed by atoms with Gasteiger partial charge >= 0.3 is 5.97 Å². The highest BCUT2D eigenvalue weighted by atomic mass is 19.1. The van der Waals surface area contributed by atoms with Crippen LogP contribution in [0.3, 0.4) is 0 Å². The van der Waals surface area contributed by atoms with Gasteiger partial charge in [-0.2, -0.15) is 0 Å². The van der Waals surface area contributed by atoms with Crippen LogP contribution in [0, 0.1) is 5.82 Å². The molecule has 3 aromatic rings. The quantitative estimate of drug-likeness (QED) is 0.636. The maximum atomic E-state index is 15.1. The van der Waals surface area contributed by atoms with Gasteiger partial charge in [0.15, 0.2) is 0 Å². The van der Waals surface area contributed by atoms with Gasteiger partial charge in [-0.1, -0.05) is 42.5 Å². The normalized spacial score (nSPS) is 16.1. The van der Waals surface area contributed by atoms with Crippen molar-refractivity contribution in [2.75, 3.05) is 20.2 Å². The Morgan fingerprint density at radius 2 is 1.81 bits per heavy atom. The zero-order valence-electron chi connectivity index (χ0n) is 17.4. The van der Waals surface area contributed by atoms with E-state index in [9.17, 15) is 9.90 Å². The van der Waals surface area contributed by atoms with Gasteiger partial charge in [-0.15, -0.1) is 0 Å². The Kier molecular flexibility index (Phi) is 6.00. The lowest BCUT2D eigenvalue weighted by atomic mass is 9.73. The zero-order valence-corrected chi connectivity index (χ0v) is 17.4. The van der Waals surface area contributed by atoms with Crippen molar-refractivity contribution in [1.82, 2.24) is 9.88 Å². The molecule has 0 spiro atoms. The molecule has 31 heavy (non-hydrogen) atoms. The maximum absolute atomic E-state index is 15.1. The minimum absolute atomic E-state index is 0.156. The monoisotopic (exact) mass is 420 g/mol. The molecule has 1 saturated heterocycles. The molecule has 1 aliphatic heterocycles. The van der Waals surface area contributed by atoms with E-state index in [4.69, 9.17) is 4.74 Å². The minimum Gasteiger partial charge on any atom is -0.496 e. The first kappa shape index (κ1) is 21.0. The molecule has 0 radical (unpaired) electrons. The number of pyridine rings is 1. The molecular weight excluding hydrogens is 395 g/mol. The molecule has 2 aromatic carbocycles. The lowest BCUT2D eigenvalue weighted by Crippen LogP contribution is -2.47. The Bertz CT molecular complexity index is 1060. The summed E-state index contributed by atoms with van der Waals surface area (Å²) in [6, 6.07) is 18.5. The first-order chi connectivity index (χ1) is 15.0. The van der Waals surface area contributed by atoms with Crippen LogP contribution in [0.5, 0.6) is 5.75 Å². The lowest BCUT2D eigenvalue weighted by molar-refractivity contribution is -0.146. The van der Waals surface area contributed by atoms with Crippen molar-refractivity contribution < 1.29 is 19.0 Å². The molecule has 1 aromatic heterocycles. The maximum Gasteiger partial charge on any atom is 0.314 e. The Morgan fingerprint density at radius 1 is 1.13 bits per heavy atom. The summed E-state index contributed by atoms with van der Waals surface area (Å²) < 4.78 is 20.4. The molecule has 0 bridgehead atoms. The summed E-state index contributed by atoms with van der Waals surface area (Å²) >= 11 is 0. The van der Waals surface area contributed by atoms with Crippen molar-refractivity contribution in [1.29, 1.82) is 0 Å². The number of nitrogens with zero attached hydrogens (tertiary/aromatic N) is 2. The molecule has 0 atom stereocenters. The summed E-state index contributed by atoms with van der Waals surface area (Å²) in [6.45, 7) is 2.02. The van der Waals surface area contributed by atoms with Gasteiger partial charge in [-0.05, 0) is 55.3 Å². The third-order valence-corrected chi connectivity index (χ3v) is 6.12. The summed E-state index contributed by atoms with van der Waals surface area (Å²) in [5.41, 5.74) is 1.16. The second-order valence-corrected chi connectivity index (χ2v) is 7.90. The Labute approximate surface area is 181 Å². The molecule has 1 aliphatic rings. The fourth-order valence-corrected chi connectivity index (χ4v) is 4.30. The van der Waals surface area contributed by atoms with Crippen molar-refractivity contribution >= 4 is 5.97 Å². The molecule has 0 aliphatic carbocycles. The fraction of sp³-hybridized carbons (Fsp3) is 0.280. The van der Waals surface area contributed by atoms with Gasteiger partial charge in [0.1, 0.15) is 17.3 Å². The highest BCUT2D eigenvalue weighted by molar-refractivity contribution is 5.82. The molecule has 0 amide bonds. The number of hydrogen-bond acceptors (Lipinski definition) is 4. The number of aliphatic carboxylic acids is 1. The Morgan fingerprint density at radius 3 is 2.45 bits per heavy atom. The van der Waals surface area contributed by atoms with E-state index in [1.165, 1.54) is 24.9 Å². The van der Waals surface area contributed by atoms with Gasteiger partial charge in [-0.25, -0.2) is 4.39 Å². The first-order valence-corrected chi connectivity index (χ1v) is 10.3. The van der Waals surface area contributed by atoms with Crippen LogP contribution >= 0.6 is 0 Å². The van der Waals surface area contributed by atoms with Gasteiger partial charge in [0, 0.05) is 18.3 Å². The number of rotatable bonds is 6. The van der Waals surface area contributed by atoms with Gasteiger partial charge in [-0.3, -0.25) is 14.7 Å². The van der Waals surface area contributed by atoms with Crippen LogP contribution in [0.1, 0.15) is 24.0 Å². The molecule has 6 heteroatoms. The number of carboxylic acids is 1. The van der Waals surface area contributed by atoms with Gasteiger partial charge in [0.2, 0.25) is 0 Å². The van der Waals surface area contributed by atoms with Gasteiger partial charge in [0.25, 0.3) is 0 Å². The van der Waals surface area contributed by atoms with Crippen LogP contribution in [0.4, 0.5) is 4.39 Å². The zero-order chi connectivity index (χ0) is 21.8. The molecule has 2 heterocycles. The molecule has 5 nitrogen and oxygen atoms in total. The van der Waals surface area contributed by atoms with Gasteiger partial charge < -0.3 is 9.84 Å². The highest BCUT2D eigenvalue weighted by Gasteiger charge is 2.43. The molecule has 1 fully saturated rings. The summed E-state index contributed by atoms with van der Waals surface area (Å²) in [6.07, 6.45) is 2.32. The third-order valence-electron chi connectivity index (χ3n) is 6.12. The summed E-state index contributed by atoms with van der Waals surface area (Å²) in [7, 11) is 1.52. The average molecular weight is 420 g/mol. The number of aromatic nitrogens is 1. The van der Waals surface area contributed by atoms with Gasteiger partial charge in [0.05, 0.1) is 12.5 Å². The second kappa shape index (κ2) is 8.86. The first-order valence-electron chi connectivity index (χ1n) is 10.3. The molecular formula is C25H25FN2O3. The van der Waals surface area contributed by atoms with E-state index in [1.807, 2.05) is 18.2 Å². The number of carboxylic acid groups (broad SMARTS) is 1. The van der Waals surface area contributed by atoms with E-state index < -0.39 is 17.2 Å². The van der Waals surface area contributed by atoms with Crippen LogP contribution in [0.15, 0.2) is 66.9 Å². The molecule has 0 saturated carbocycles. The molecule has 1 N–H and O–H groups in total. The van der Waals surface area contributed by atoms with Crippen LogP contribution in [0.25, 0.3) is 11.3 Å². The number of para-hydroxylation sites is 1. The number of hydrogen-bond donors (Lipinski definition) is 1. The average Bonchev–Trinajstić information content (AvgIpc) is 2.80. The number of likely N-dealkylation sites (tertiary alicyclic amines) is 1. The van der Waals surface area contributed by atoms with E-state index in [1.54, 1.807) is 24.3 Å². The SMILES string of the molecule is COc1ccccc1-c1ncc(C2(C(=O)O)CCN(Cc3ccccc3)CC2)cc1F. The second-order valence-electron chi connectivity index (χ2n) is 7.90. The van der Waals surface area contributed by atoms with Crippen molar-refractivity contribution in [2.24, 2.45) is 0 Å². The topological polar surface area (TPSA) is 62.7 Å². The molecule has 4 rings (SSSR count). The number of carbonyl (C=O) groups is 1. The van der Waals surface area contributed by atoms with Crippen molar-refractivity contribution in [2.45, 2.75) is 24.8 Å². The third kappa shape index (κ3) is 4.16. The smallest absolute Gasteiger partial charge is 0.314 e. The van der Waals surface area contributed by atoms with E-state index in [2.05, 4.69) is 22.0 Å². The van der Waals surface area contributed by atoms with Crippen molar-refractivity contribution in [3.8, 4) is 17.0 Å². The molecule has 160 valence electrons. The van der Waals surface area contributed by atoms with E-state index in [0.717, 1.165) is 6.54 Å². The van der Waals surface area contributed by atoms with Crippen molar-refractivity contribution in [3.05, 3.63) is 83.8 Å². The number of ether oxygens (including phenoxy) is 1. The van der Waals surface area contributed by atoms with Crippen molar-refractivity contribution in [3.63, 3.8) is 0 Å². The van der Waals surface area contributed by atoms with E-state index in [-0.39, 0.29) is 5.69 Å². The van der Waals surface area contributed by atoms with Crippen LogP contribution in [0.2, 0.25) is 0 Å². The van der Waals surface area contributed by atoms with E-state index >= 15 is 4.39 Å². The number of piperidine rings is 1. The predicted molar refractivity (Wildman–Crippen MR) is 116 cm³/mol. The largest absolute Gasteiger partial charge is 0.496 e. The minimum atomic E-state index is -1.14. The van der Waals surface area contributed by atoms with Crippen LogP contribution < -0.4 is 4.74 Å². The predicted octanol–water partition coefficient (Wildman–Crippen LogP) is 4.51. The number of methoxy groups -OCH3 is 1. The van der Waals surface area contributed by atoms with Crippen LogP contribution in [-0.2, 0) is 16.8 Å². The summed E-state index contributed by atoms with van der Waals surface area (Å²) in [5.74, 6) is -0.962. The highest BCUT2D eigenvalue weighted by Crippen LogP contribution is 2.38. The lowest BCUT2D eigenvalue weighted by Gasteiger charge is -2.39. The Hall–Kier alpha value is -3.25. The summed E-state index contributed by atoms with van der Waals surface area (Å²) in [4.78, 5) is 18.9. The Balaban J connectivity index is 1.58. The van der Waals surface area contributed by atoms with E-state index in [0.29, 0.717) is 42.8 Å². The van der Waals surface area contributed by atoms with Crippen LogP contribution in [-0.4, -0.2) is 41.2 Å². The fourth-order valence-electron chi connectivity index (χ4n) is 4.30. The standard InChI is InChI=1S/C25H25FN2O3/c1-31-22-10-6-5-9-20(22)23-21(26)15-19(16-27-23)25(24(29)30)11-13-28(14-12-25)17-18-7-3-2-4-8-18/h2-10,15-16H,11-14,17H2,1H3,(H,29,30). The number of halogens is 1. The molecule has 0 unspecified atom stereocenters. The summed E-state index contributed by atoms with van der Waals surface area (Å²) in [5, 5.41) is 10.1.